The van der Waals surface area contributed by atoms with Crippen LogP contribution in [-0.4, -0.2) is 63.9 Å². The molecule has 1 fully saturated rings. The molecule has 1 aliphatic heterocycles. The highest BCUT2D eigenvalue weighted by atomic mass is 16.6. The molecule has 9 heteroatoms. The number of hydrogen-bond donors (Lipinski definition) is 4. The van der Waals surface area contributed by atoms with Crippen LogP contribution in [0.15, 0.2) is 15.8 Å². The Balaban J connectivity index is 2.46. The lowest BCUT2D eigenvalue weighted by atomic mass is 10.1. The molecule has 0 saturated carbocycles. The van der Waals surface area contributed by atoms with E-state index in [1.165, 1.54) is 11.1 Å². The number of aromatic amines is 1. The van der Waals surface area contributed by atoms with Crippen molar-refractivity contribution in [1.82, 2.24) is 9.55 Å². The van der Waals surface area contributed by atoms with Crippen molar-refractivity contribution in [3.8, 4) is 0 Å². The summed E-state index contributed by atoms with van der Waals surface area (Å²) in [5.41, 5.74) is -1.14. The summed E-state index contributed by atoms with van der Waals surface area (Å²) in [5.74, 6) is 0. The smallest absolute Gasteiger partial charge is 0.330 e. The molecule has 112 valence electrons. The second-order valence-electron chi connectivity index (χ2n) is 4.80. The van der Waals surface area contributed by atoms with Crippen LogP contribution in [-0.2, 0) is 4.74 Å². The van der Waals surface area contributed by atoms with Gasteiger partial charge >= 0.3 is 5.69 Å². The van der Waals surface area contributed by atoms with Gasteiger partial charge in [0.25, 0.3) is 5.56 Å². The van der Waals surface area contributed by atoms with Gasteiger partial charge in [-0.1, -0.05) is 0 Å². The Bertz CT molecular complexity index is 595. The van der Waals surface area contributed by atoms with Crippen LogP contribution in [0.4, 0.5) is 5.69 Å². The van der Waals surface area contributed by atoms with Crippen LogP contribution in [0.5, 0.6) is 0 Å². The molecule has 1 aromatic rings. The molecule has 20 heavy (non-hydrogen) atoms. The van der Waals surface area contributed by atoms with Gasteiger partial charge in [-0.2, -0.15) is 0 Å². The molecule has 0 aliphatic carbocycles. The number of aromatic nitrogens is 2. The Morgan fingerprint density at radius 1 is 1.35 bits per heavy atom. The quantitative estimate of drug-likeness (QED) is 0.473. The number of nitrogens with zero attached hydrogens (tertiary/aromatic N) is 2. The van der Waals surface area contributed by atoms with Gasteiger partial charge in [0, 0.05) is 20.3 Å². The molecule has 0 radical (unpaired) electrons. The second-order valence-corrected chi connectivity index (χ2v) is 4.80. The summed E-state index contributed by atoms with van der Waals surface area (Å²) in [6.45, 7) is -0.493. The molecule has 0 aromatic carbocycles. The molecule has 1 saturated heterocycles. The molecule has 2 heterocycles. The van der Waals surface area contributed by atoms with Gasteiger partial charge in [0.1, 0.15) is 24.0 Å². The van der Waals surface area contributed by atoms with E-state index in [2.05, 4.69) is 4.98 Å². The zero-order valence-electron chi connectivity index (χ0n) is 11.1. The molecular formula is C11H17N3O6. The average Bonchev–Trinajstić information content (AvgIpc) is 2.66. The lowest BCUT2D eigenvalue weighted by Crippen LogP contribution is -2.39. The molecular weight excluding hydrogens is 270 g/mol. The van der Waals surface area contributed by atoms with E-state index >= 15 is 0 Å². The van der Waals surface area contributed by atoms with Crippen molar-refractivity contribution in [2.24, 2.45) is 0 Å². The van der Waals surface area contributed by atoms with Crippen molar-refractivity contribution >= 4 is 5.69 Å². The Kier molecular flexibility index (Phi) is 3.95. The summed E-state index contributed by atoms with van der Waals surface area (Å²) in [7, 11) is 3.24. The van der Waals surface area contributed by atoms with Crippen LogP contribution in [0, 0.1) is 0 Å². The van der Waals surface area contributed by atoms with Crippen molar-refractivity contribution in [2.45, 2.75) is 24.5 Å². The summed E-state index contributed by atoms with van der Waals surface area (Å²) < 4.78 is 6.24. The summed E-state index contributed by atoms with van der Waals surface area (Å²) in [6, 6.07) is 0. The molecule has 0 amide bonds. The van der Waals surface area contributed by atoms with E-state index < -0.39 is 42.4 Å². The van der Waals surface area contributed by atoms with Crippen molar-refractivity contribution in [3.05, 3.63) is 27.0 Å². The topological polar surface area (TPSA) is 128 Å². The molecule has 9 nitrogen and oxygen atoms in total. The normalized spacial score (nSPS) is 29.6. The Hall–Kier alpha value is -1.68. The minimum atomic E-state index is -1.38. The predicted molar refractivity (Wildman–Crippen MR) is 68.7 cm³/mol. The SMILES string of the molecule is CN(C)c1cn([C@@H]2O[C@H](CO)[C@@H](O)[C@H]2O)c(=O)[nH]c1=O. The van der Waals surface area contributed by atoms with E-state index in [0.717, 1.165) is 4.57 Å². The molecule has 1 aliphatic rings. The zero-order chi connectivity index (χ0) is 15.0. The van der Waals surface area contributed by atoms with Crippen LogP contribution < -0.4 is 16.1 Å². The number of aliphatic hydroxyl groups is 3. The van der Waals surface area contributed by atoms with E-state index in [0.29, 0.717) is 0 Å². The van der Waals surface area contributed by atoms with Gasteiger partial charge in [-0.05, 0) is 0 Å². The van der Waals surface area contributed by atoms with Crippen LogP contribution >= 0.6 is 0 Å². The highest BCUT2D eigenvalue weighted by molar-refractivity contribution is 5.39. The predicted octanol–water partition coefficient (Wildman–Crippen LogP) is -2.79. The monoisotopic (exact) mass is 287 g/mol. The molecule has 1 aromatic heterocycles. The Morgan fingerprint density at radius 2 is 2.00 bits per heavy atom. The lowest BCUT2D eigenvalue weighted by Gasteiger charge is -2.19. The number of rotatable bonds is 3. The maximum atomic E-state index is 11.8. The summed E-state index contributed by atoms with van der Waals surface area (Å²) in [6.07, 6.45) is -3.62. The number of aliphatic hydroxyl groups excluding tert-OH is 3. The van der Waals surface area contributed by atoms with E-state index in [4.69, 9.17) is 9.84 Å². The van der Waals surface area contributed by atoms with Crippen LogP contribution in [0.1, 0.15) is 6.23 Å². The van der Waals surface area contributed by atoms with E-state index in [9.17, 15) is 19.8 Å². The van der Waals surface area contributed by atoms with Gasteiger partial charge < -0.3 is 25.0 Å². The van der Waals surface area contributed by atoms with Gasteiger partial charge in [-0.25, -0.2) is 4.79 Å². The lowest BCUT2D eigenvalue weighted by molar-refractivity contribution is -0.0549. The fraction of sp³-hybridized carbons (Fsp3) is 0.636. The minimum absolute atomic E-state index is 0.197. The number of H-pyrrole nitrogens is 1. The minimum Gasteiger partial charge on any atom is -0.394 e. The van der Waals surface area contributed by atoms with Crippen LogP contribution in [0.2, 0.25) is 0 Å². The first-order chi connectivity index (χ1) is 9.36. The van der Waals surface area contributed by atoms with Crippen LogP contribution in [0.3, 0.4) is 0 Å². The summed E-state index contributed by atoms with van der Waals surface area (Å²) in [5, 5.41) is 28.6. The van der Waals surface area contributed by atoms with Crippen molar-refractivity contribution in [1.29, 1.82) is 0 Å². The second kappa shape index (κ2) is 5.37. The molecule has 0 bridgehead atoms. The molecule has 0 spiro atoms. The third kappa shape index (κ3) is 2.36. The van der Waals surface area contributed by atoms with E-state index in [1.807, 2.05) is 0 Å². The number of hydrogen-bond acceptors (Lipinski definition) is 7. The van der Waals surface area contributed by atoms with Gasteiger partial charge in [0.05, 0.1) is 6.61 Å². The molecule has 4 N–H and O–H groups in total. The van der Waals surface area contributed by atoms with Crippen molar-refractivity contribution in [2.75, 3.05) is 25.6 Å². The average molecular weight is 287 g/mol. The third-order valence-electron chi connectivity index (χ3n) is 3.22. The fourth-order valence-electron chi connectivity index (χ4n) is 2.09. The third-order valence-corrected chi connectivity index (χ3v) is 3.22. The number of anilines is 1. The van der Waals surface area contributed by atoms with Gasteiger partial charge in [-0.15, -0.1) is 0 Å². The first-order valence-corrected chi connectivity index (χ1v) is 6.02. The Morgan fingerprint density at radius 3 is 2.50 bits per heavy atom. The van der Waals surface area contributed by atoms with E-state index in [1.54, 1.807) is 14.1 Å². The number of ether oxygens (including phenoxy) is 1. The first kappa shape index (κ1) is 14.7. The fourth-order valence-corrected chi connectivity index (χ4v) is 2.09. The Labute approximate surface area is 113 Å². The largest absolute Gasteiger partial charge is 0.394 e. The van der Waals surface area contributed by atoms with E-state index in [-0.39, 0.29) is 5.69 Å². The maximum absolute atomic E-state index is 11.8. The van der Waals surface area contributed by atoms with Crippen molar-refractivity contribution < 1.29 is 20.1 Å². The van der Waals surface area contributed by atoms with Crippen molar-refractivity contribution in [3.63, 3.8) is 0 Å². The number of nitrogens with one attached hydrogen (secondary N) is 1. The summed E-state index contributed by atoms with van der Waals surface area (Å²) in [4.78, 5) is 27.0. The van der Waals surface area contributed by atoms with Gasteiger partial charge in [0.2, 0.25) is 0 Å². The van der Waals surface area contributed by atoms with Gasteiger partial charge in [-0.3, -0.25) is 14.3 Å². The molecule has 2 rings (SSSR count). The highest BCUT2D eigenvalue weighted by Crippen LogP contribution is 2.28. The maximum Gasteiger partial charge on any atom is 0.330 e. The first-order valence-electron chi connectivity index (χ1n) is 6.02. The molecule has 4 atom stereocenters. The zero-order valence-corrected chi connectivity index (χ0v) is 11.1. The standard InChI is InChI=1S/C11H17N3O6/c1-13(2)5-3-14(11(19)12-9(5)18)10-8(17)7(16)6(4-15)20-10/h3,6-8,10,15-17H,4H2,1-2H3,(H,12,18,19)/t6-,7-,8-,10-/m1/s1. The van der Waals surface area contributed by atoms with Gasteiger partial charge in [0.15, 0.2) is 6.23 Å². The molecule has 0 unspecified atom stereocenters. The summed E-state index contributed by atoms with van der Waals surface area (Å²) >= 11 is 0. The highest BCUT2D eigenvalue weighted by Gasteiger charge is 2.43. The van der Waals surface area contributed by atoms with Crippen LogP contribution in [0.25, 0.3) is 0 Å².